The van der Waals surface area contributed by atoms with Crippen LogP contribution >= 0.6 is 11.6 Å². The fraction of sp³-hybridized carbons (Fsp3) is 0.542. The van der Waals surface area contributed by atoms with Crippen molar-refractivity contribution in [2.24, 2.45) is 0 Å². The van der Waals surface area contributed by atoms with Crippen molar-refractivity contribution >= 4 is 23.4 Å². The van der Waals surface area contributed by atoms with Crippen LogP contribution in [0.5, 0.6) is 5.75 Å². The topological polar surface area (TPSA) is 106 Å². The second kappa shape index (κ2) is 8.34. The maximum atomic E-state index is 12.9. The number of nitrogens with zero attached hydrogens (tertiary/aromatic N) is 3. The lowest BCUT2D eigenvalue weighted by Crippen LogP contribution is -2.79. The first-order valence-corrected chi connectivity index (χ1v) is 12.4. The third-order valence-electron chi connectivity index (χ3n) is 7.77. The number of aliphatic hydroxyl groups excluding tert-OH is 1. The molecule has 2 aliphatic heterocycles. The number of amides is 2. The highest BCUT2D eigenvalue weighted by Crippen LogP contribution is 2.65. The molecule has 2 bridgehead atoms. The Bertz CT molecular complexity index is 1250. The first-order valence-electron chi connectivity index (χ1n) is 12.0. The van der Waals surface area contributed by atoms with Crippen LogP contribution in [0.1, 0.15) is 54.1 Å². The van der Waals surface area contributed by atoms with E-state index in [4.69, 9.17) is 16.3 Å². The normalized spacial score (nSPS) is 32.1. The summed E-state index contributed by atoms with van der Waals surface area (Å²) in [5.74, 6) is -0.252. The van der Waals surface area contributed by atoms with Gasteiger partial charge in [-0.1, -0.05) is 11.6 Å². The first kappa shape index (κ1) is 24.5. The zero-order valence-corrected chi connectivity index (χ0v) is 20.3. The summed E-state index contributed by atoms with van der Waals surface area (Å²) < 4.78 is 49.0. The van der Waals surface area contributed by atoms with Crippen molar-refractivity contribution in [3.8, 4) is 5.75 Å². The summed E-state index contributed by atoms with van der Waals surface area (Å²) in [6.45, 7) is 0.0553. The van der Waals surface area contributed by atoms with Gasteiger partial charge in [0.2, 0.25) is 0 Å². The van der Waals surface area contributed by atoms with Crippen LogP contribution < -0.4 is 10.1 Å². The maximum Gasteiger partial charge on any atom is 0.522 e. The molecule has 2 aromatic rings. The van der Waals surface area contributed by atoms with Gasteiger partial charge in [-0.05, 0) is 43.9 Å². The number of carbonyl (C=O) groups is 2. The molecule has 0 radical (unpaired) electrons. The van der Waals surface area contributed by atoms with Crippen molar-refractivity contribution < 1.29 is 37.3 Å². The molecule has 2 amide bonds. The van der Waals surface area contributed by atoms with Crippen molar-refractivity contribution in [3.05, 3.63) is 46.7 Å². The largest absolute Gasteiger partial charge is 0.522 e. The summed E-state index contributed by atoms with van der Waals surface area (Å²) >= 11 is 5.99. The standard InChI is InChI=1S/C24H24ClF3N4O5/c25-14-1-2-18-16(5-14)17(33)6-19(36-18)20(34)30-22-10-23(11-22,12-22)32-8-13(7-29-32)21(35)31-4-3-15(9-31)37-24(26,27)28/h1-2,5,7-8,15,17,19,33H,3-4,6,9-12H2,(H,30,34)/t15-,17+,19-,22?,23?/m0/s1. The van der Waals surface area contributed by atoms with Gasteiger partial charge in [-0.15, -0.1) is 13.2 Å². The monoisotopic (exact) mass is 540 g/mol. The van der Waals surface area contributed by atoms with Crippen LogP contribution in [0.2, 0.25) is 5.02 Å². The number of ether oxygens (including phenoxy) is 2. The minimum absolute atomic E-state index is 0.118. The lowest BCUT2D eigenvalue weighted by molar-refractivity contribution is -0.340. The van der Waals surface area contributed by atoms with Crippen LogP contribution in [0.25, 0.3) is 0 Å². The van der Waals surface area contributed by atoms with Gasteiger partial charge in [-0.3, -0.25) is 19.0 Å². The minimum Gasteiger partial charge on any atom is -0.480 e. The predicted octanol–water partition coefficient (Wildman–Crippen LogP) is 2.92. The minimum atomic E-state index is -4.73. The Morgan fingerprint density at radius 1 is 1.27 bits per heavy atom. The van der Waals surface area contributed by atoms with Gasteiger partial charge >= 0.3 is 6.36 Å². The van der Waals surface area contributed by atoms with Gasteiger partial charge in [0.25, 0.3) is 11.8 Å². The molecule has 3 heterocycles. The average molecular weight is 541 g/mol. The summed E-state index contributed by atoms with van der Waals surface area (Å²) in [4.78, 5) is 27.0. The molecule has 2 N–H and O–H groups in total. The molecule has 1 saturated heterocycles. The average Bonchev–Trinajstić information content (AvgIpc) is 3.44. The molecule has 3 saturated carbocycles. The smallest absolute Gasteiger partial charge is 0.480 e. The van der Waals surface area contributed by atoms with Crippen LogP contribution in [0.3, 0.4) is 0 Å². The van der Waals surface area contributed by atoms with E-state index in [1.807, 2.05) is 0 Å². The Kier molecular flexibility index (Phi) is 5.52. The van der Waals surface area contributed by atoms with Crippen molar-refractivity contribution in [2.45, 2.75) is 67.9 Å². The van der Waals surface area contributed by atoms with Crippen molar-refractivity contribution in [1.29, 1.82) is 0 Å². The number of rotatable bonds is 5. The molecule has 3 atom stereocenters. The lowest BCUT2D eigenvalue weighted by Gasteiger charge is -2.70. The molecule has 37 heavy (non-hydrogen) atoms. The highest BCUT2D eigenvalue weighted by atomic mass is 35.5. The Balaban J connectivity index is 1.04. The quantitative estimate of drug-likeness (QED) is 0.604. The molecule has 0 unspecified atom stereocenters. The molecule has 7 rings (SSSR count). The van der Waals surface area contributed by atoms with E-state index in [9.17, 15) is 27.9 Å². The van der Waals surface area contributed by atoms with E-state index in [2.05, 4.69) is 15.2 Å². The SMILES string of the molecule is O=C(NC12CC(n3cc(C(=O)N4CC[C@H](OC(F)(F)F)C4)cn3)(C1)C2)[C@@H]1C[C@@H](O)c2cc(Cl)ccc2O1. The zero-order valence-electron chi connectivity index (χ0n) is 19.5. The fourth-order valence-corrected chi connectivity index (χ4v) is 6.28. The van der Waals surface area contributed by atoms with Gasteiger partial charge in [0.15, 0.2) is 6.10 Å². The molecule has 9 nitrogen and oxygen atoms in total. The Morgan fingerprint density at radius 3 is 2.76 bits per heavy atom. The van der Waals surface area contributed by atoms with Crippen molar-refractivity contribution in [3.63, 3.8) is 0 Å². The van der Waals surface area contributed by atoms with E-state index < -0.39 is 24.7 Å². The van der Waals surface area contributed by atoms with E-state index in [1.165, 1.54) is 11.1 Å². The van der Waals surface area contributed by atoms with E-state index in [1.54, 1.807) is 29.1 Å². The number of halogens is 4. The molecule has 1 aromatic heterocycles. The number of aliphatic hydroxyl groups is 1. The van der Waals surface area contributed by atoms with Crippen LogP contribution in [0, 0.1) is 0 Å². The second-order valence-corrected chi connectivity index (χ2v) is 10.9. The molecule has 4 fully saturated rings. The number of nitrogens with one attached hydrogen (secondary N) is 1. The zero-order chi connectivity index (χ0) is 26.2. The first-order chi connectivity index (χ1) is 17.4. The summed E-state index contributed by atoms with van der Waals surface area (Å²) in [6, 6.07) is 4.90. The van der Waals surface area contributed by atoms with Crippen molar-refractivity contribution in [1.82, 2.24) is 20.0 Å². The van der Waals surface area contributed by atoms with Gasteiger partial charge in [0.05, 0.1) is 29.5 Å². The number of likely N-dealkylation sites (tertiary alicyclic amines) is 1. The van der Waals surface area contributed by atoms with Gasteiger partial charge in [-0.25, -0.2) is 0 Å². The van der Waals surface area contributed by atoms with E-state index >= 15 is 0 Å². The maximum absolute atomic E-state index is 12.9. The fourth-order valence-electron chi connectivity index (χ4n) is 6.10. The van der Waals surface area contributed by atoms with Crippen LogP contribution in [-0.4, -0.2) is 68.8 Å². The number of aromatic nitrogens is 2. The van der Waals surface area contributed by atoms with E-state index in [0.717, 1.165) is 0 Å². The van der Waals surface area contributed by atoms with Crippen LogP contribution in [0.4, 0.5) is 13.2 Å². The second-order valence-electron chi connectivity index (χ2n) is 10.5. The number of hydrogen-bond acceptors (Lipinski definition) is 6. The Hall–Kier alpha value is -2.83. The molecule has 0 spiro atoms. The number of fused-ring (bicyclic) bond motifs is 1. The van der Waals surface area contributed by atoms with Crippen LogP contribution in [-0.2, 0) is 15.1 Å². The molecule has 13 heteroatoms. The van der Waals surface area contributed by atoms with E-state index in [-0.39, 0.29) is 48.8 Å². The third kappa shape index (κ3) is 4.34. The van der Waals surface area contributed by atoms with Gasteiger partial charge < -0.3 is 20.1 Å². The molecular weight excluding hydrogens is 517 g/mol. The van der Waals surface area contributed by atoms with Gasteiger partial charge in [0, 0.05) is 41.8 Å². The Labute approximate surface area is 214 Å². The van der Waals surface area contributed by atoms with Crippen molar-refractivity contribution in [2.75, 3.05) is 13.1 Å². The summed E-state index contributed by atoms with van der Waals surface area (Å²) in [5, 5.41) is 18.3. The number of benzene rings is 1. The number of hydrogen-bond donors (Lipinski definition) is 2. The Morgan fingerprint density at radius 2 is 2.03 bits per heavy atom. The highest BCUT2D eigenvalue weighted by Gasteiger charge is 2.70. The summed E-state index contributed by atoms with van der Waals surface area (Å²) in [7, 11) is 0. The summed E-state index contributed by atoms with van der Waals surface area (Å²) in [5.41, 5.74) is 0.162. The molecule has 198 valence electrons. The number of alkyl halides is 3. The highest BCUT2D eigenvalue weighted by molar-refractivity contribution is 6.30. The van der Waals surface area contributed by atoms with Gasteiger partial charge in [-0.2, -0.15) is 5.10 Å². The summed E-state index contributed by atoms with van der Waals surface area (Å²) in [6.07, 6.45) is -2.30. The predicted molar refractivity (Wildman–Crippen MR) is 122 cm³/mol. The lowest BCUT2D eigenvalue weighted by atomic mass is 9.44. The molecular formula is C24H24ClF3N4O5. The molecule has 5 aliphatic rings. The van der Waals surface area contributed by atoms with E-state index in [0.29, 0.717) is 41.2 Å². The third-order valence-corrected chi connectivity index (χ3v) is 8.00. The number of carbonyl (C=O) groups excluding carboxylic acids is 2. The van der Waals surface area contributed by atoms with Gasteiger partial charge in [0.1, 0.15) is 5.75 Å². The van der Waals surface area contributed by atoms with Crippen LogP contribution in [0.15, 0.2) is 30.6 Å². The molecule has 3 aliphatic carbocycles. The molecule has 1 aromatic carbocycles.